The second-order valence-corrected chi connectivity index (χ2v) is 15.4. The molecule has 3 aromatic rings. The molecule has 6 rings (SSSR count). The van der Waals surface area contributed by atoms with Crippen LogP contribution in [0.15, 0.2) is 49.1 Å². The maximum atomic E-state index is 13.4. The maximum Gasteiger partial charge on any atom is 0.331 e. The predicted molar refractivity (Wildman–Crippen MR) is 263 cm³/mol. The highest BCUT2D eigenvalue weighted by Gasteiger charge is 2.54. The van der Waals surface area contributed by atoms with Crippen LogP contribution in [0.1, 0.15) is 77.7 Å². The van der Waals surface area contributed by atoms with Gasteiger partial charge in [-0.05, 0) is 93.3 Å². The highest BCUT2D eigenvalue weighted by atomic mass is 16.6. The molecule has 1 saturated carbocycles. The van der Waals surface area contributed by atoms with Crippen molar-refractivity contribution in [2.75, 3.05) is 91.3 Å². The first-order chi connectivity index (χ1) is 31.7. The molecule has 67 heavy (non-hydrogen) atoms. The third-order valence-electron chi connectivity index (χ3n) is 11.4. The number of allylic oxidation sites excluding steroid dienone is 1. The number of esters is 3. The van der Waals surface area contributed by atoms with Gasteiger partial charge in [-0.15, -0.1) is 6.58 Å². The Hall–Kier alpha value is -5.13. The first-order valence-corrected chi connectivity index (χ1v) is 22.0. The van der Waals surface area contributed by atoms with Gasteiger partial charge in [-0.3, -0.25) is 14.5 Å². The first kappa shape index (κ1) is 61.9. The monoisotopic (exact) mass is 947 g/mol. The van der Waals surface area contributed by atoms with E-state index in [0.29, 0.717) is 12.0 Å². The smallest absolute Gasteiger partial charge is 0.331 e. The molecular weight excluding hydrogens is 865 g/mol. The zero-order chi connectivity index (χ0) is 50.1. The molecule has 2 aliphatic heterocycles. The Balaban J connectivity index is 0.00000168. The zero-order valence-electron chi connectivity index (χ0n) is 42.2. The van der Waals surface area contributed by atoms with Crippen molar-refractivity contribution in [3.05, 3.63) is 65.9 Å². The van der Waals surface area contributed by atoms with E-state index in [1.54, 1.807) is 81.0 Å². The number of aromatic nitrogens is 1. The number of aromatic amines is 1. The van der Waals surface area contributed by atoms with Crippen LogP contribution in [0.3, 0.4) is 0 Å². The summed E-state index contributed by atoms with van der Waals surface area (Å²) < 4.78 is 51.0. The van der Waals surface area contributed by atoms with Crippen LogP contribution in [0.4, 0.5) is 0 Å². The van der Waals surface area contributed by atoms with Gasteiger partial charge in [0.2, 0.25) is 5.75 Å². The molecule has 1 aliphatic carbocycles. The van der Waals surface area contributed by atoms with Gasteiger partial charge < -0.3 is 57.5 Å². The molecule has 0 radical (unpaired) electrons. The molecule has 3 heterocycles. The van der Waals surface area contributed by atoms with E-state index in [0.717, 1.165) is 37.2 Å². The zero-order valence-corrected chi connectivity index (χ0v) is 42.2. The van der Waals surface area contributed by atoms with E-state index >= 15 is 0 Å². The van der Waals surface area contributed by atoms with E-state index in [9.17, 15) is 19.5 Å². The fourth-order valence-corrected chi connectivity index (χ4v) is 8.30. The summed E-state index contributed by atoms with van der Waals surface area (Å²) in [5.74, 6) is -0.733. The Morgan fingerprint density at radius 3 is 1.94 bits per heavy atom. The van der Waals surface area contributed by atoms with Crippen LogP contribution in [0.5, 0.6) is 23.0 Å². The standard InChI is InChI=1S/C34H40N2O9.C7H14O3.C3H6.2C2H6O.C2H6.CH4/c1-40-20-7-8-21-22-10-11-36-17-19-14-28(45-29(37)9-6-18-12-26(41-2)32(38)27(13-18)42-3)33(43-4)30(34(39)44-5)23(19)16-25(36)31(22)35-24(21)15-20;1-5(6(2)9-3)7(8)10-4;3*1-3-2;1-2;/h6-9,12-13,15,19,23,25,28,30,33,35,38H,10-11,14,16-17H2,1-5H3;5-6H,1-4H3;3H,1H2,2H3;2*1-2H3;1-2H3;1H4/b9-6+;;;;;;/t19-,23+,25-,28-,30+,33+;5-,6-;;;;;/m10...../s1. The van der Waals surface area contributed by atoms with Gasteiger partial charge in [0.25, 0.3) is 0 Å². The Morgan fingerprint density at radius 1 is 0.866 bits per heavy atom. The molecule has 0 spiro atoms. The number of fused-ring (bicyclic) bond motifs is 6. The number of H-pyrrole nitrogens is 1. The number of piperidine rings is 1. The van der Waals surface area contributed by atoms with E-state index in [2.05, 4.69) is 36.7 Å². The number of phenols is 1. The van der Waals surface area contributed by atoms with E-state index in [-0.39, 0.29) is 66.5 Å². The first-order valence-electron chi connectivity index (χ1n) is 22.0. The van der Waals surface area contributed by atoms with Gasteiger partial charge in [-0.2, -0.15) is 0 Å². The molecule has 380 valence electrons. The summed E-state index contributed by atoms with van der Waals surface area (Å²) in [5.41, 5.74) is 4.15. The number of carbonyl (C=O) groups excluding carboxylic acids is 3. The molecule has 1 saturated heterocycles. The molecule has 0 unspecified atom stereocenters. The largest absolute Gasteiger partial charge is 0.502 e. The summed E-state index contributed by atoms with van der Waals surface area (Å²) in [6.07, 6.45) is 5.49. The molecule has 3 aliphatic rings. The van der Waals surface area contributed by atoms with Gasteiger partial charge in [0.05, 0.1) is 59.5 Å². The van der Waals surface area contributed by atoms with Crippen molar-refractivity contribution in [1.82, 2.24) is 9.88 Å². The molecule has 2 fully saturated rings. The summed E-state index contributed by atoms with van der Waals surface area (Å²) in [4.78, 5) is 43.4. The van der Waals surface area contributed by atoms with Crippen LogP contribution in [-0.4, -0.2) is 143 Å². The van der Waals surface area contributed by atoms with Crippen LogP contribution in [0.2, 0.25) is 0 Å². The highest BCUT2D eigenvalue weighted by Crippen LogP contribution is 2.50. The molecule has 1 aromatic heterocycles. The Kier molecular flexibility index (Phi) is 30.1. The third-order valence-corrected chi connectivity index (χ3v) is 11.4. The summed E-state index contributed by atoms with van der Waals surface area (Å²) in [7, 11) is 16.9. The van der Waals surface area contributed by atoms with Gasteiger partial charge >= 0.3 is 17.9 Å². The van der Waals surface area contributed by atoms with Crippen molar-refractivity contribution < 1.29 is 66.9 Å². The van der Waals surface area contributed by atoms with E-state index in [1.807, 2.05) is 39.8 Å². The lowest BCUT2D eigenvalue weighted by molar-refractivity contribution is -0.187. The number of aromatic hydroxyl groups is 1. The second-order valence-electron chi connectivity index (χ2n) is 15.4. The number of nitrogens with one attached hydrogen (secondary N) is 1. The number of methoxy groups -OCH3 is 9. The normalized spacial score (nSPS) is 20.7. The molecule has 2 aromatic carbocycles. The van der Waals surface area contributed by atoms with Crippen molar-refractivity contribution in [2.45, 2.75) is 85.7 Å². The summed E-state index contributed by atoms with van der Waals surface area (Å²) in [5, 5.41) is 11.4. The van der Waals surface area contributed by atoms with Crippen molar-refractivity contribution in [3.8, 4) is 23.0 Å². The topological polar surface area (TPSA) is 183 Å². The van der Waals surface area contributed by atoms with Crippen LogP contribution < -0.4 is 14.2 Å². The lowest BCUT2D eigenvalue weighted by Gasteiger charge is -2.52. The molecule has 16 heteroatoms. The third kappa shape index (κ3) is 16.9. The van der Waals surface area contributed by atoms with E-state index < -0.39 is 24.1 Å². The number of nitrogens with zero attached hydrogens (tertiary/aromatic N) is 1. The van der Waals surface area contributed by atoms with Crippen LogP contribution in [0.25, 0.3) is 17.0 Å². The minimum absolute atomic E-state index is 0. The lowest BCUT2D eigenvalue weighted by Crippen LogP contribution is -2.58. The van der Waals surface area contributed by atoms with Crippen molar-refractivity contribution in [1.29, 1.82) is 0 Å². The summed E-state index contributed by atoms with van der Waals surface area (Å²) in [6, 6.07) is 9.44. The average molecular weight is 947 g/mol. The van der Waals surface area contributed by atoms with E-state index in [4.69, 9.17) is 33.2 Å². The Bertz CT molecular complexity index is 1920. The fraction of sp³-hybridized carbons (Fsp3) is 0.588. The molecular formula is C51H82N2O14. The maximum absolute atomic E-state index is 13.4. The summed E-state index contributed by atoms with van der Waals surface area (Å²) in [6.45, 7) is 14.5. The number of carbonyl (C=O) groups is 3. The second kappa shape index (κ2) is 32.6. The number of rotatable bonds is 11. The SMILES string of the molecule is C.C=CC.CC.COC.COC.COC(=O)[C@@H](C)[C@H](C)OC.COC(=O)[C@H]1[C@H]2C[C@@H]3c4[nH]c5cc(OC)ccc5c4CCN3C[C@H]2C[C@@H](OC(=O)/C=C/c2cc(OC)c(O)c(OC)c2)[C@@H]1OC. The van der Waals surface area contributed by atoms with Gasteiger partial charge in [0.15, 0.2) is 11.5 Å². The fourth-order valence-electron chi connectivity index (χ4n) is 8.30. The van der Waals surface area contributed by atoms with Crippen molar-refractivity contribution in [3.63, 3.8) is 0 Å². The van der Waals surface area contributed by atoms with Gasteiger partial charge in [-0.1, -0.05) is 27.4 Å². The van der Waals surface area contributed by atoms with Crippen LogP contribution >= 0.6 is 0 Å². The van der Waals surface area contributed by atoms with Gasteiger partial charge in [0.1, 0.15) is 18.0 Å². The van der Waals surface area contributed by atoms with Crippen molar-refractivity contribution >= 4 is 34.9 Å². The number of hydrogen-bond donors (Lipinski definition) is 2. The Labute approximate surface area is 400 Å². The molecule has 0 amide bonds. The number of phenolic OH excluding ortho intramolecular Hbond substituents is 1. The van der Waals surface area contributed by atoms with Gasteiger partial charge in [0, 0.05) is 84.5 Å². The summed E-state index contributed by atoms with van der Waals surface area (Å²) >= 11 is 0. The Morgan fingerprint density at radius 2 is 1.45 bits per heavy atom. The van der Waals surface area contributed by atoms with Gasteiger partial charge in [-0.25, -0.2) is 4.79 Å². The average Bonchev–Trinajstić information content (AvgIpc) is 3.71. The number of hydrogen-bond acceptors (Lipinski definition) is 15. The molecule has 0 bridgehead atoms. The minimum atomic E-state index is -0.661. The lowest BCUT2D eigenvalue weighted by atomic mass is 9.63. The molecule has 16 nitrogen and oxygen atoms in total. The predicted octanol–water partition coefficient (Wildman–Crippen LogP) is 8.48. The van der Waals surface area contributed by atoms with Crippen LogP contribution in [-0.2, 0) is 54.0 Å². The number of benzene rings is 2. The van der Waals surface area contributed by atoms with E-state index in [1.165, 1.54) is 51.2 Å². The minimum Gasteiger partial charge on any atom is -0.502 e. The van der Waals surface area contributed by atoms with Crippen LogP contribution in [0, 0.1) is 23.7 Å². The highest BCUT2D eigenvalue weighted by molar-refractivity contribution is 5.88. The van der Waals surface area contributed by atoms with Crippen molar-refractivity contribution in [2.24, 2.45) is 23.7 Å². The number of ether oxygens (including phenoxy) is 10. The molecule has 8 atom stereocenters. The molecule has 2 N–H and O–H groups in total. The quantitative estimate of drug-likeness (QED) is 0.0807.